The number of rotatable bonds is 4. The van der Waals surface area contributed by atoms with Crippen LogP contribution in [0.5, 0.6) is 0 Å². The van der Waals surface area contributed by atoms with E-state index in [0.717, 1.165) is 36.3 Å². The summed E-state index contributed by atoms with van der Waals surface area (Å²) >= 11 is 1.07. The van der Waals surface area contributed by atoms with E-state index in [-0.39, 0.29) is 11.9 Å². The fourth-order valence-electron chi connectivity index (χ4n) is 1.36. The molecule has 0 aromatic carbocycles. The summed E-state index contributed by atoms with van der Waals surface area (Å²) in [5, 5.41) is 10.7. The van der Waals surface area contributed by atoms with E-state index in [0.29, 0.717) is 5.04 Å². The molecule has 6 heteroatoms. The van der Waals surface area contributed by atoms with Crippen LogP contribution in [0.1, 0.15) is 27.2 Å². The summed E-state index contributed by atoms with van der Waals surface area (Å²) in [6.07, 6.45) is 4.99. The predicted octanol–water partition coefficient (Wildman–Crippen LogP) is 2.00. The Morgan fingerprint density at radius 3 is 2.89 bits per heavy atom. The zero-order chi connectivity index (χ0) is 13.5. The molecule has 0 saturated heterocycles. The van der Waals surface area contributed by atoms with E-state index in [1.807, 2.05) is 13.0 Å². The summed E-state index contributed by atoms with van der Waals surface area (Å²) in [6, 6.07) is -0.312. The Morgan fingerprint density at radius 2 is 2.33 bits per heavy atom. The van der Waals surface area contributed by atoms with Crippen molar-refractivity contribution in [2.24, 2.45) is 9.39 Å². The largest absolute Gasteiger partial charge is 0.348 e. The maximum Gasteiger partial charge on any atom is 0.217 e. The summed E-state index contributed by atoms with van der Waals surface area (Å²) in [7, 11) is 0. The molecule has 0 aliphatic carbocycles. The molecule has 0 aromatic rings. The molecule has 1 unspecified atom stereocenters. The van der Waals surface area contributed by atoms with Gasteiger partial charge in [0.2, 0.25) is 5.91 Å². The van der Waals surface area contributed by atoms with E-state index < -0.39 is 0 Å². The Bertz CT molecular complexity index is 426. The summed E-state index contributed by atoms with van der Waals surface area (Å²) < 4.78 is 4.25. The average molecular weight is 266 g/mol. The van der Waals surface area contributed by atoms with Crippen LogP contribution in [-0.2, 0) is 4.79 Å². The van der Waals surface area contributed by atoms with Crippen molar-refractivity contribution < 1.29 is 4.79 Å². The van der Waals surface area contributed by atoms with E-state index in [1.165, 1.54) is 6.92 Å². The molecule has 18 heavy (non-hydrogen) atoms. The Morgan fingerprint density at radius 1 is 1.61 bits per heavy atom. The summed E-state index contributed by atoms with van der Waals surface area (Å²) in [6.45, 7) is 5.87. The zero-order valence-electron chi connectivity index (χ0n) is 10.9. The summed E-state index contributed by atoms with van der Waals surface area (Å²) in [4.78, 5) is 15.2. The minimum Gasteiger partial charge on any atom is -0.348 e. The fraction of sp³-hybridized carbons (Fsp3) is 0.500. The SMILES string of the molecule is CC(=O)NC(C)C(=N)S/N=C(\C)C1=NCCC=C1. The van der Waals surface area contributed by atoms with Crippen LogP contribution in [0.3, 0.4) is 0 Å². The van der Waals surface area contributed by atoms with Crippen LogP contribution >= 0.6 is 11.9 Å². The first-order valence-corrected chi connectivity index (χ1v) is 6.56. The van der Waals surface area contributed by atoms with Gasteiger partial charge in [-0.15, -0.1) is 0 Å². The highest BCUT2D eigenvalue weighted by molar-refractivity contribution is 8.13. The van der Waals surface area contributed by atoms with Gasteiger partial charge >= 0.3 is 0 Å². The second kappa shape index (κ2) is 7.10. The normalized spacial score (nSPS) is 17.1. The van der Waals surface area contributed by atoms with Crippen molar-refractivity contribution in [3.63, 3.8) is 0 Å². The molecule has 0 spiro atoms. The fourth-order valence-corrected chi connectivity index (χ4v) is 1.90. The van der Waals surface area contributed by atoms with Gasteiger partial charge in [0.05, 0.1) is 17.5 Å². The average Bonchev–Trinajstić information content (AvgIpc) is 2.35. The van der Waals surface area contributed by atoms with Crippen molar-refractivity contribution in [1.29, 1.82) is 5.41 Å². The monoisotopic (exact) mass is 266 g/mol. The standard InChI is InChI=1S/C12H18N4OS/c1-8(11-6-4-5-7-14-11)16-18-12(13)9(2)15-10(3)17/h4,6,9,13H,5,7H2,1-3H3,(H,15,17)/b13-12?,16-8+. The Hall–Kier alpha value is -1.43. The molecule has 98 valence electrons. The lowest BCUT2D eigenvalue weighted by atomic mass is 10.2. The maximum absolute atomic E-state index is 10.9. The molecule has 2 N–H and O–H groups in total. The molecular formula is C12H18N4OS. The molecule has 1 atom stereocenters. The summed E-state index contributed by atoms with van der Waals surface area (Å²) in [5.74, 6) is -0.145. The number of carbonyl (C=O) groups is 1. The van der Waals surface area contributed by atoms with Gasteiger partial charge in [-0.2, -0.15) is 0 Å². The molecule has 0 fully saturated rings. The van der Waals surface area contributed by atoms with Gasteiger partial charge in [-0.25, -0.2) is 4.40 Å². The highest BCUT2D eigenvalue weighted by Crippen LogP contribution is 2.10. The van der Waals surface area contributed by atoms with Crippen LogP contribution in [-0.4, -0.2) is 35.0 Å². The third-order valence-corrected chi connectivity index (χ3v) is 3.23. The smallest absolute Gasteiger partial charge is 0.217 e. The zero-order valence-corrected chi connectivity index (χ0v) is 11.7. The van der Waals surface area contributed by atoms with Gasteiger partial charge < -0.3 is 5.32 Å². The number of aliphatic imine (C=N–C) groups is 1. The molecule has 1 heterocycles. The highest BCUT2D eigenvalue weighted by atomic mass is 32.2. The first kappa shape index (κ1) is 14.6. The number of dihydropyridines is 1. The van der Waals surface area contributed by atoms with Crippen LogP contribution < -0.4 is 5.32 Å². The quantitative estimate of drug-likeness (QED) is 0.464. The van der Waals surface area contributed by atoms with Crippen LogP contribution in [0.25, 0.3) is 0 Å². The van der Waals surface area contributed by atoms with E-state index >= 15 is 0 Å². The lowest BCUT2D eigenvalue weighted by Gasteiger charge is -2.11. The first-order chi connectivity index (χ1) is 8.50. The number of carbonyl (C=O) groups excluding carboxylic acids is 1. The van der Waals surface area contributed by atoms with Crippen LogP contribution in [0, 0.1) is 5.41 Å². The predicted molar refractivity (Wildman–Crippen MR) is 77.8 cm³/mol. The molecular weight excluding hydrogens is 248 g/mol. The third-order valence-electron chi connectivity index (χ3n) is 2.32. The highest BCUT2D eigenvalue weighted by Gasteiger charge is 2.11. The minimum absolute atomic E-state index is 0.145. The van der Waals surface area contributed by atoms with Gasteiger partial charge in [0.15, 0.2) is 0 Å². The second-order valence-electron chi connectivity index (χ2n) is 4.01. The molecule has 1 aliphatic heterocycles. The lowest BCUT2D eigenvalue weighted by Crippen LogP contribution is -2.35. The first-order valence-electron chi connectivity index (χ1n) is 5.79. The van der Waals surface area contributed by atoms with Crippen molar-refractivity contribution in [2.45, 2.75) is 33.2 Å². The maximum atomic E-state index is 10.9. The van der Waals surface area contributed by atoms with Gasteiger partial charge in [-0.1, -0.05) is 6.08 Å². The van der Waals surface area contributed by atoms with Gasteiger partial charge in [-0.05, 0) is 26.3 Å². The Balaban J connectivity index is 2.52. The minimum atomic E-state index is -0.312. The topological polar surface area (TPSA) is 77.7 Å². The van der Waals surface area contributed by atoms with Crippen LogP contribution in [0.4, 0.5) is 0 Å². The summed E-state index contributed by atoms with van der Waals surface area (Å²) in [5.41, 5.74) is 1.67. The molecule has 0 bridgehead atoms. The Labute approximate surface area is 112 Å². The van der Waals surface area contributed by atoms with Crippen LogP contribution in [0.15, 0.2) is 21.5 Å². The second-order valence-corrected chi connectivity index (χ2v) is 4.82. The molecule has 1 rings (SSSR count). The van der Waals surface area contributed by atoms with E-state index in [1.54, 1.807) is 6.92 Å². The third kappa shape index (κ3) is 4.83. The molecule has 0 saturated carbocycles. The van der Waals surface area contributed by atoms with Crippen molar-refractivity contribution in [2.75, 3.05) is 6.54 Å². The number of hydrogen-bond donors (Lipinski definition) is 2. The van der Waals surface area contributed by atoms with E-state index in [2.05, 4.69) is 20.8 Å². The Kier molecular flexibility index (Phi) is 5.77. The van der Waals surface area contributed by atoms with Crippen LogP contribution in [0.2, 0.25) is 0 Å². The molecule has 1 amide bonds. The van der Waals surface area contributed by atoms with Gasteiger partial charge in [0, 0.05) is 25.4 Å². The van der Waals surface area contributed by atoms with Crippen molar-refractivity contribution in [1.82, 2.24) is 5.32 Å². The van der Waals surface area contributed by atoms with Crippen molar-refractivity contribution >= 4 is 34.3 Å². The number of nitrogens with zero attached hydrogens (tertiary/aromatic N) is 2. The van der Waals surface area contributed by atoms with Crippen molar-refractivity contribution in [3.8, 4) is 0 Å². The molecule has 0 aromatic heterocycles. The van der Waals surface area contributed by atoms with E-state index in [9.17, 15) is 4.79 Å². The molecule has 5 nitrogen and oxygen atoms in total. The number of nitrogens with one attached hydrogen (secondary N) is 2. The molecule has 1 aliphatic rings. The number of allylic oxidation sites excluding steroid dienone is 1. The molecule has 0 radical (unpaired) electrons. The number of amides is 1. The van der Waals surface area contributed by atoms with Crippen molar-refractivity contribution in [3.05, 3.63) is 12.2 Å². The van der Waals surface area contributed by atoms with Gasteiger partial charge in [0.25, 0.3) is 0 Å². The lowest BCUT2D eigenvalue weighted by molar-refractivity contribution is -0.119. The van der Waals surface area contributed by atoms with Gasteiger partial charge in [0.1, 0.15) is 5.04 Å². The number of hydrogen-bond acceptors (Lipinski definition) is 5. The van der Waals surface area contributed by atoms with Gasteiger partial charge in [-0.3, -0.25) is 15.2 Å². The van der Waals surface area contributed by atoms with E-state index in [4.69, 9.17) is 5.41 Å².